The van der Waals surface area contributed by atoms with E-state index in [2.05, 4.69) is 15.5 Å². The van der Waals surface area contributed by atoms with Gasteiger partial charge in [-0.3, -0.25) is 0 Å². The standard InChI is InChI=1S/C9H4FN5O2/c10-7-2-1-6(3-5(7)4-11)15-8(9(16)17)12-13-14-15/h1-3H,(H,16,17). The van der Waals surface area contributed by atoms with Crippen LogP contribution in [0.5, 0.6) is 0 Å². The number of carbonyl (C=O) groups is 1. The lowest BCUT2D eigenvalue weighted by molar-refractivity contribution is 0.0680. The van der Waals surface area contributed by atoms with Gasteiger partial charge < -0.3 is 5.11 Å². The van der Waals surface area contributed by atoms with E-state index in [0.29, 0.717) is 0 Å². The molecule has 0 spiro atoms. The average molecular weight is 233 g/mol. The predicted molar refractivity (Wildman–Crippen MR) is 50.8 cm³/mol. The second-order valence-electron chi connectivity index (χ2n) is 3.00. The number of nitriles is 1. The Morgan fingerprint density at radius 2 is 2.29 bits per heavy atom. The molecule has 2 rings (SSSR count). The first kappa shape index (κ1) is 10.7. The summed E-state index contributed by atoms with van der Waals surface area (Å²) < 4.78 is 14.0. The van der Waals surface area contributed by atoms with Crippen LogP contribution < -0.4 is 0 Å². The number of nitrogens with zero attached hydrogens (tertiary/aromatic N) is 5. The van der Waals surface area contributed by atoms with Crippen LogP contribution in [0.3, 0.4) is 0 Å². The second kappa shape index (κ2) is 3.97. The van der Waals surface area contributed by atoms with E-state index in [-0.39, 0.29) is 11.3 Å². The molecule has 0 fully saturated rings. The van der Waals surface area contributed by atoms with Crippen LogP contribution in [0.1, 0.15) is 16.2 Å². The monoisotopic (exact) mass is 233 g/mol. The molecule has 0 saturated heterocycles. The summed E-state index contributed by atoms with van der Waals surface area (Å²) in [5.41, 5.74) is -0.0142. The summed E-state index contributed by atoms with van der Waals surface area (Å²) in [6.07, 6.45) is 0. The van der Waals surface area contributed by atoms with Crippen LogP contribution in [0, 0.1) is 17.1 Å². The van der Waals surface area contributed by atoms with Gasteiger partial charge in [0.2, 0.25) is 0 Å². The van der Waals surface area contributed by atoms with Crippen molar-refractivity contribution in [1.82, 2.24) is 20.2 Å². The van der Waals surface area contributed by atoms with Crippen molar-refractivity contribution in [2.24, 2.45) is 0 Å². The van der Waals surface area contributed by atoms with E-state index in [1.807, 2.05) is 0 Å². The number of hydrogen-bond acceptors (Lipinski definition) is 5. The molecule has 1 heterocycles. The van der Waals surface area contributed by atoms with Crippen LogP contribution in [0.25, 0.3) is 5.69 Å². The van der Waals surface area contributed by atoms with Crippen LogP contribution in [0.2, 0.25) is 0 Å². The second-order valence-corrected chi connectivity index (χ2v) is 3.00. The zero-order valence-electron chi connectivity index (χ0n) is 8.20. The Kier molecular flexibility index (Phi) is 2.50. The third kappa shape index (κ3) is 1.81. The largest absolute Gasteiger partial charge is 0.475 e. The Morgan fingerprint density at radius 1 is 1.53 bits per heavy atom. The van der Waals surface area contributed by atoms with E-state index in [4.69, 9.17) is 10.4 Å². The molecule has 0 amide bonds. The number of aromatic nitrogens is 4. The molecule has 84 valence electrons. The average Bonchev–Trinajstić information content (AvgIpc) is 2.78. The van der Waals surface area contributed by atoms with E-state index in [9.17, 15) is 9.18 Å². The molecule has 0 atom stereocenters. The topological polar surface area (TPSA) is 105 Å². The number of carboxylic acid groups (broad SMARTS) is 1. The van der Waals surface area contributed by atoms with Crippen LogP contribution in [-0.2, 0) is 0 Å². The fraction of sp³-hybridized carbons (Fsp3) is 0. The molecule has 17 heavy (non-hydrogen) atoms. The van der Waals surface area contributed by atoms with Crippen LogP contribution >= 0.6 is 0 Å². The van der Waals surface area contributed by atoms with Crippen LogP contribution in [0.4, 0.5) is 4.39 Å². The quantitative estimate of drug-likeness (QED) is 0.803. The molecule has 0 radical (unpaired) electrons. The fourth-order valence-corrected chi connectivity index (χ4v) is 1.23. The van der Waals surface area contributed by atoms with Gasteiger partial charge in [0.25, 0.3) is 5.82 Å². The SMILES string of the molecule is N#Cc1cc(-n2nnnc2C(=O)O)ccc1F. The predicted octanol–water partition coefficient (Wildman–Crippen LogP) is 0.371. The highest BCUT2D eigenvalue weighted by Gasteiger charge is 2.16. The zero-order valence-corrected chi connectivity index (χ0v) is 8.20. The minimum Gasteiger partial charge on any atom is -0.475 e. The van der Waals surface area contributed by atoms with Crippen molar-refractivity contribution < 1.29 is 14.3 Å². The van der Waals surface area contributed by atoms with Gasteiger partial charge in [0.15, 0.2) is 0 Å². The van der Waals surface area contributed by atoms with Gasteiger partial charge in [-0.1, -0.05) is 0 Å². The maximum absolute atomic E-state index is 13.1. The number of aromatic carboxylic acids is 1. The molecule has 1 N–H and O–H groups in total. The third-order valence-electron chi connectivity index (χ3n) is 1.98. The van der Waals surface area contributed by atoms with Crippen LogP contribution in [0.15, 0.2) is 18.2 Å². The van der Waals surface area contributed by atoms with Crippen LogP contribution in [-0.4, -0.2) is 31.3 Å². The zero-order chi connectivity index (χ0) is 12.4. The number of benzene rings is 1. The minimum atomic E-state index is -1.32. The van der Waals surface area contributed by atoms with Crippen molar-refractivity contribution in [2.75, 3.05) is 0 Å². The Morgan fingerprint density at radius 3 is 2.94 bits per heavy atom. The molecule has 2 aromatic rings. The summed E-state index contributed by atoms with van der Waals surface area (Å²) in [7, 11) is 0. The van der Waals surface area contributed by atoms with Gasteiger partial charge in [-0.15, -0.1) is 5.10 Å². The molecule has 0 aliphatic carbocycles. The Balaban J connectivity index is 2.58. The number of tetrazole rings is 1. The van der Waals surface area contributed by atoms with E-state index >= 15 is 0 Å². The molecule has 0 bridgehead atoms. The Hall–Kier alpha value is -2.82. The third-order valence-corrected chi connectivity index (χ3v) is 1.98. The van der Waals surface area contributed by atoms with Gasteiger partial charge in [-0.25, -0.2) is 9.18 Å². The minimum absolute atomic E-state index is 0.199. The number of halogens is 1. The summed E-state index contributed by atoms with van der Waals surface area (Å²) in [6.45, 7) is 0. The first-order valence-electron chi connectivity index (χ1n) is 4.35. The Bertz CT molecular complexity index is 631. The van der Waals surface area contributed by atoms with Gasteiger partial charge in [0.1, 0.15) is 11.9 Å². The number of carboxylic acids is 1. The smallest absolute Gasteiger partial charge is 0.376 e. The fourth-order valence-electron chi connectivity index (χ4n) is 1.23. The van der Waals surface area contributed by atoms with Crippen molar-refractivity contribution in [2.45, 2.75) is 0 Å². The van der Waals surface area contributed by atoms with Gasteiger partial charge in [-0.2, -0.15) is 9.94 Å². The highest BCUT2D eigenvalue weighted by atomic mass is 19.1. The molecule has 0 aliphatic rings. The van der Waals surface area contributed by atoms with E-state index < -0.39 is 17.6 Å². The van der Waals surface area contributed by atoms with Gasteiger partial charge >= 0.3 is 5.97 Å². The lowest BCUT2D eigenvalue weighted by Gasteiger charge is -2.02. The maximum atomic E-state index is 13.1. The summed E-state index contributed by atoms with van der Waals surface area (Å²) >= 11 is 0. The van der Waals surface area contributed by atoms with E-state index in [0.717, 1.165) is 16.8 Å². The van der Waals surface area contributed by atoms with Gasteiger partial charge in [0.05, 0.1) is 11.3 Å². The molecule has 0 saturated carbocycles. The first-order chi connectivity index (χ1) is 8.13. The highest BCUT2D eigenvalue weighted by molar-refractivity contribution is 5.83. The first-order valence-corrected chi connectivity index (χ1v) is 4.35. The van der Waals surface area contributed by atoms with Crippen molar-refractivity contribution >= 4 is 5.97 Å². The Labute approximate surface area is 93.7 Å². The summed E-state index contributed by atoms with van der Waals surface area (Å²) in [4.78, 5) is 10.8. The highest BCUT2D eigenvalue weighted by Crippen LogP contribution is 2.13. The van der Waals surface area contributed by atoms with Crippen molar-refractivity contribution in [1.29, 1.82) is 5.26 Å². The van der Waals surface area contributed by atoms with Crippen molar-refractivity contribution in [3.63, 3.8) is 0 Å². The molecular weight excluding hydrogens is 229 g/mol. The number of hydrogen-bond donors (Lipinski definition) is 1. The molecule has 7 nitrogen and oxygen atoms in total. The summed E-state index contributed by atoms with van der Waals surface area (Å²) in [5, 5.41) is 27.4. The molecular formula is C9H4FN5O2. The summed E-state index contributed by atoms with van der Waals surface area (Å²) in [5.74, 6) is -2.43. The molecule has 0 unspecified atom stereocenters. The maximum Gasteiger partial charge on any atom is 0.376 e. The van der Waals surface area contributed by atoms with Crippen molar-refractivity contribution in [3.8, 4) is 11.8 Å². The lowest BCUT2D eigenvalue weighted by atomic mass is 10.2. The van der Waals surface area contributed by atoms with E-state index in [1.54, 1.807) is 6.07 Å². The molecule has 8 heteroatoms. The molecule has 1 aromatic carbocycles. The van der Waals surface area contributed by atoms with Gasteiger partial charge in [-0.05, 0) is 28.6 Å². The number of rotatable bonds is 2. The lowest BCUT2D eigenvalue weighted by Crippen LogP contribution is -2.09. The van der Waals surface area contributed by atoms with E-state index in [1.165, 1.54) is 6.07 Å². The van der Waals surface area contributed by atoms with Crippen molar-refractivity contribution in [3.05, 3.63) is 35.4 Å². The summed E-state index contributed by atoms with van der Waals surface area (Å²) in [6, 6.07) is 5.13. The normalized spacial score (nSPS) is 9.88. The van der Waals surface area contributed by atoms with Gasteiger partial charge in [0, 0.05) is 0 Å². The molecule has 1 aromatic heterocycles. The molecule has 0 aliphatic heterocycles.